The molecule has 2 aromatic carbocycles. The van der Waals surface area contributed by atoms with Crippen LogP contribution in [0.25, 0.3) is 0 Å². The van der Waals surface area contributed by atoms with E-state index >= 15 is 0 Å². The molecule has 0 spiro atoms. The smallest absolute Gasteiger partial charge is 0.254 e. The average Bonchev–Trinajstić information content (AvgIpc) is 2.66. The van der Waals surface area contributed by atoms with Crippen LogP contribution in [-0.4, -0.2) is 46.3 Å². The summed E-state index contributed by atoms with van der Waals surface area (Å²) in [5.41, 5.74) is 1.02. The lowest BCUT2D eigenvalue weighted by molar-refractivity contribution is 0.0784. The molecule has 0 atom stereocenters. The van der Waals surface area contributed by atoms with Crippen molar-refractivity contribution in [3.05, 3.63) is 47.3 Å². The first kappa shape index (κ1) is 19.4. The van der Waals surface area contributed by atoms with Gasteiger partial charge < -0.3 is 23.8 Å². The lowest BCUT2D eigenvalue weighted by atomic mass is 10.1. The first-order valence-corrected chi connectivity index (χ1v) is 7.83. The summed E-state index contributed by atoms with van der Waals surface area (Å²) in [4.78, 5) is 14.2. The van der Waals surface area contributed by atoms with Gasteiger partial charge in [0.1, 0.15) is 0 Å². The SMILES string of the molecule is COc1ccc(CN(C)C(=O)c2cc(OC)c(OC)c(OC)c2)cc1F. The number of ether oxygens (including phenoxy) is 4. The van der Waals surface area contributed by atoms with Gasteiger partial charge in [-0.2, -0.15) is 0 Å². The fourth-order valence-corrected chi connectivity index (χ4v) is 2.58. The molecule has 0 bridgehead atoms. The highest BCUT2D eigenvalue weighted by Crippen LogP contribution is 2.38. The minimum absolute atomic E-state index is 0.160. The molecule has 0 saturated heterocycles. The molecule has 26 heavy (non-hydrogen) atoms. The van der Waals surface area contributed by atoms with Crippen molar-refractivity contribution in [2.75, 3.05) is 35.5 Å². The number of methoxy groups -OCH3 is 4. The summed E-state index contributed by atoms with van der Waals surface area (Å²) in [6.07, 6.45) is 0. The van der Waals surface area contributed by atoms with E-state index in [1.165, 1.54) is 45.5 Å². The zero-order valence-electron chi connectivity index (χ0n) is 15.5. The van der Waals surface area contributed by atoms with Gasteiger partial charge in [-0.3, -0.25) is 4.79 Å². The third-order valence-corrected chi connectivity index (χ3v) is 3.89. The molecule has 0 N–H and O–H groups in total. The average molecular weight is 363 g/mol. The molecule has 140 valence electrons. The van der Waals surface area contributed by atoms with Gasteiger partial charge in [-0.25, -0.2) is 4.39 Å². The summed E-state index contributed by atoms with van der Waals surface area (Å²) in [6.45, 7) is 0.233. The second-order valence-corrected chi connectivity index (χ2v) is 5.54. The van der Waals surface area contributed by atoms with Crippen LogP contribution in [0.2, 0.25) is 0 Å². The molecule has 0 radical (unpaired) electrons. The number of amides is 1. The summed E-state index contributed by atoms with van der Waals surface area (Å²) in [5, 5.41) is 0. The van der Waals surface area contributed by atoms with Gasteiger partial charge in [-0.1, -0.05) is 6.07 Å². The van der Waals surface area contributed by atoms with Gasteiger partial charge in [0.25, 0.3) is 5.91 Å². The Labute approximate surface area is 152 Å². The van der Waals surface area contributed by atoms with E-state index in [1.807, 2.05) is 0 Å². The molecule has 0 aliphatic rings. The Bertz CT molecular complexity index is 768. The Kier molecular flexibility index (Phi) is 6.27. The second-order valence-electron chi connectivity index (χ2n) is 5.54. The molecule has 0 aliphatic carbocycles. The van der Waals surface area contributed by atoms with Crippen molar-refractivity contribution in [3.63, 3.8) is 0 Å². The molecule has 2 aromatic rings. The Balaban J connectivity index is 2.26. The number of halogens is 1. The largest absolute Gasteiger partial charge is 0.494 e. The maximum Gasteiger partial charge on any atom is 0.254 e. The van der Waals surface area contributed by atoms with E-state index in [0.717, 1.165) is 0 Å². The Morgan fingerprint density at radius 1 is 0.923 bits per heavy atom. The van der Waals surface area contributed by atoms with Gasteiger partial charge in [-0.15, -0.1) is 0 Å². The van der Waals surface area contributed by atoms with E-state index < -0.39 is 5.82 Å². The van der Waals surface area contributed by atoms with E-state index in [9.17, 15) is 9.18 Å². The minimum Gasteiger partial charge on any atom is -0.494 e. The summed E-state index contributed by atoms with van der Waals surface area (Å²) in [6, 6.07) is 7.74. The molecule has 0 heterocycles. The van der Waals surface area contributed by atoms with Crippen LogP contribution >= 0.6 is 0 Å². The lowest BCUT2D eigenvalue weighted by Crippen LogP contribution is -2.26. The monoisotopic (exact) mass is 363 g/mol. The molecular formula is C19H22FNO5. The van der Waals surface area contributed by atoms with Gasteiger partial charge in [0.05, 0.1) is 28.4 Å². The van der Waals surface area contributed by atoms with Crippen molar-refractivity contribution in [1.29, 1.82) is 0 Å². The first-order valence-electron chi connectivity index (χ1n) is 7.83. The van der Waals surface area contributed by atoms with E-state index in [1.54, 1.807) is 25.2 Å². The Morgan fingerprint density at radius 3 is 1.96 bits per heavy atom. The van der Waals surface area contributed by atoms with Gasteiger partial charge >= 0.3 is 0 Å². The van der Waals surface area contributed by atoms with Crippen molar-refractivity contribution in [2.45, 2.75) is 6.54 Å². The number of hydrogen-bond acceptors (Lipinski definition) is 5. The van der Waals surface area contributed by atoms with Gasteiger partial charge in [0.15, 0.2) is 23.1 Å². The highest BCUT2D eigenvalue weighted by molar-refractivity contribution is 5.95. The van der Waals surface area contributed by atoms with Gasteiger partial charge in [0.2, 0.25) is 5.75 Å². The molecule has 6 nitrogen and oxygen atoms in total. The summed E-state index contributed by atoms with van der Waals surface area (Å²) in [7, 11) is 7.49. The quantitative estimate of drug-likeness (QED) is 0.756. The molecule has 0 saturated carbocycles. The first-order chi connectivity index (χ1) is 12.4. The molecule has 0 fully saturated rings. The molecule has 0 aromatic heterocycles. The van der Waals surface area contributed by atoms with Crippen LogP contribution < -0.4 is 18.9 Å². The highest BCUT2D eigenvalue weighted by Gasteiger charge is 2.19. The van der Waals surface area contributed by atoms with Crippen molar-refractivity contribution in [2.24, 2.45) is 0 Å². The van der Waals surface area contributed by atoms with E-state index in [4.69, 9.17) is 18.9 Å². The van der Waals surface area contributed by atoms with Crippen molar-refractivity contribution in [1.82, 2.24) is 4.90 Å². The third kappa shape index (κ3) is 3.99. The Hall–Kier alpha value is -2.96. The topological polar surface area (TPSA) is 57.2 Å². The Morgan fingerprint density at radius 2 is 1.50 bits per heavy atom. The van der Waals surface area contributed by atoms with Crippen LogP contribution in [0.1, 0.15) is 15.9 Å². The fraction of sp³-hybridized carbons (Fsp3) is 0.316. The lowest BCUT2D eigenvalue weighted by Gasteiger charge is -2.19. The minimum atomic E-state index is -0.473. The second kappa shape index (κ2) is 8.42. The molecule has 7 heteroatoms. The van der Waals surface area contributed by atoms with Crippen molar-refractivity contribution < 1.29 is 28.1 Å². The van der Waals surface area contributed by atoms with Crippen molar-refractivity contribution >= 4 is 5.91 Å². The van der Waals surface area contributed by atoms with Crippen LogP contribution in [0, 0.1) is 5.82 Å². The zero-order valence-corrected chi connectivity index (χ0v) is 15.5. The molecular weight excluding hydrogens is 341 g/mol. The van der Waals surface area contributed by atoms with Crippen LogP contribution in [0.15, 0.2) is 30.3 Å². The van der Waals surface area contributed by atoms with E-state index in [0.29, 0.717) is 28.4 Å². The summed E-state index contributed by atoms with van der Waals surface area (Å²) >= 11 is 0. The van der Waals surface area contributed by atoms with Gasteiger partial charge in [0, 0.05) is 19.2 Å². The van der Waals surface area contributed by atoms with Crippen molar-refractivity contribution in [3.8, 4) is 23.0 Å². The summed E-state index contributed by atoms with van der Waals surface area (Å²) < 4.78 is 34.5. The predicted octanol–water partition coefficient (Wildman–Crippen LogP) is 3.13. The van der Waals surface area contributed by atoms with Crippen LogP contribution in [-0.2, 0) is 6.54 Å². The normalized spacial score (nSPS) is 10.2. The molecule has 1 amide bonds. The standard InChI is InChI=1S/C19H22FNO5/c1-21(11-12-6-7-15(23-2)14(20)8-12)19(22)13-9-16(24-3)18(26-5)17(10-13)25-4/h6-10H,11H2,1-5H3. The number of rotatable bonds is 7. The number of carbonyl (C=O) groups excluding carboxylic acids is 1. The van der Waals surface area contributed by atoms with Crippen LogP contribution in [0.4, 0.5) is 4.39 Å². The van der Waals surface area contributed by atoms with Crippen LogP contribution in [0.3, 0.4) is 0 Å². The molecule has 0 unspecified atom stereocenters. The third-order valence-electron chi connectivity index (χ3n) is 3.89. The number of benzene rings is 2. The maximum atomic E-state index is 13.8. The maximum absolute atomic E-state index is 13.8. The highest BCUT2D eigenvalue weighted by atomic mass is 19.1. The summed E-state index contributed by atoms with van der Waals surface area (Å²) in [5.74, 6) is 0.607. The number of carbonyl (C=O) groups is 1. The van der Waals surface area contributed by atoms with Gasteiger partial charge in [-0.05, 0) is 29.8 Å². The number of nitrogens with zero attached hydrogens (tertiary/aromatic N) is 1. The molecule has 0 aliphatic heterocycles. The zero-order chi connectivity index (χ0) is 19.3. The van der Waals surface area contributed by atoms with Crippen LogP contribution in [0.5, 0.6) is 23.0 Å². The fourth-order valence-electron chi connectivity index (χ4n) is 2.58. The molecule has 2 rings (SSSR count). The predicted molar refractivity (Wildman–Crippen MR) is 94.8 cm³/mol. The van der Waals surface area contributed by atoms with E-state index in [-0.39, 0.29) is 18.2 Å². The van der Waals surface area contributed by atoms with E-state index in [2.05, 4.69) is 0 Å². The number of hydrogen-bond donors (Lipinski definition) is 0.